The summed E-state index contributed by atoms with van der Waals surface area (Å²) in [5.41, 5.74) is 3.91. The van der Waals surface area contributed by atoms with Crippen LogP contribution in [0, 0.1) is 6.92 Å². The van der Waals surface area contributed by atoms with E-state index in [9.17, 15) is 0 Å². The monoisotopic (exact) mass is 287 g/mol. The summed E-state index contributed by atoms with van der Waals surface area (Å²) in [5.74, 6) is 0. The molecule has 1 atom stereocenters. The fraction of sp³-hybridized carbons (Fsp3) is 0.333. The quantitative estimate of drug-likeness (QED) is 0.794. The highest BCUT2D eigenvalue weighted by Gasteiger charge is 2.11. The molecule has 0 aliphatic carbocycles. The first-order chi connectivity index (χ1) is 9.69. The van der Waals surface area contributed by atoms with Crippen LogP contribution in [0.1, 0.15) is 36.1 Å². The third kappa shape index (κ3) is 4.36. The summed E-state index contributed by atoms with van der Waals surface area (Å²) in [6, 6.07) is 17.2. The van der Waals surface area contributed by atoms with Gasteiger partial charge in [0.1, 0.15) is 0 Å². The van der Waals surface area contributed by atoms with E-state index >= 15 is 0 Å². The zero-order valence-electron chi connectivity index (χ0n) is 12.2. The Hall–Kier alpha value is -1.31. The molecule has 2 rings (SSSR count). The van der Waals surface area contributed by atoms with E-state index in [0.717, 1.165) is 24.4 Å². The zero-order valence-corrected chi connectivity index (χ0v) is 13.0. The van der Waals surface area contributed by atoms with Gasteiger partial charge in [-0.2, -0.15) is 0 Å². The van der Waals surface area contributed by atoms with Gasteiger partial charge in [-0.15, -0.1) is 0 Å². The third-order valence-electron chi connectivity index (χ3n) is 3.45. The molecular formula is C18H22ClN. The van der Waals surface area contributed by atoms with Crippen molar-refractivity contribution in [3.63, 3.8) is 0 Å². The lowest BCUT2D eigenvalue weighted by Crippen LogP contribution is -2.24. The Kier molecular flexibility index (Phi) is 5.63. The molecule has 0 radical (unpaired) electrons. The van der Waals surface area contributed by atoms with Gasteiger partial charge in [0.05, 0.1) is 0 Å². The molecule has 1 N–H and O–H groups in total. The van der Waals surface area contributed by atoms with Gasteiger partial charge in [-0.05, 0) is 49.6 Å². The van der Waals surface area contributed by atoms with Crippen LogP contribution in [0.15, 0.2) is 48.5 Å². The van der Waals surface area contributed by atoms with Crippen LogP contribution >= 0.6 is 11.6 Å². The first-order valence-electron chi connectivity index (χ1n) is 7.23. The Morgan fingerprint density at radius 2 is 1.85 bits per heavy atom. The molecule has 1 nitrogen and oxygen atoms in total. The largest absolute Gasteiger partial charge is 0.310 e. The summed E-state index contributed by atoms with van der Waals surface area (Å²) in [4.78, 5) is 0. The van der Waals surface area contributed by atoms with Crippen molar-refractivity contribution in [2.75, 3.05) is 6.54 Å². The van der Waals surface area contributed by atoms with Crippen molar-refractivity contribution in [3.05, 3.63) is 70.2 Å². The smallest absolute Gasteiger partial charge is 0.0409 e. The molecule has 0 spiro atoms. The highest BCUT2D eigenvalue weighted by Crippen LogP contribution is 2.22. The second-order valence-corrected chi connectivity index (χ2v) is 5.69. The van der Waals surface area contributed by atoms with Crippen LogP contribution in [0.5, 0.6) is 0 Å². The molecular weight excluding hydrogens is 266 g/mol. The number of aryl methyl sites for hydroxylation is 1. The summed E-state index contributed by atoms with van der Waals surface area (Å²) in [5, 5.41) is 4.42. The lowest BCUT2D eigenvalue weighted by atomic mass is 9.98. The minimum absolute atomic E-state index is 0.316. The standard InChI is InChI=1S/C18H22ClN/c1-3-11-20-18(16-5-4-6-17(19)13-16)12-15-9-7-14(2)8-10-15/h4-10,13,18,20H,3,11-12H2,1-2H3. The van der Waals surface area contributed by atoms with Gasteiger partial charge in [0.2, 0.25) is 0 Å². The van der Waals surface area contributed by atoms with Gasteiger partial charge in [0.15, 0.2) is 0 Å². The number of hydrogen-bond acceptors (Lipinski definition) is 1. The summed E-state index contributed by atoms with van der Waals surface area (Å²) in [7, 11) is 0. The van der Waals surface area contributed by atoms with E-state index in [1.165, 1.54) is 16.7 Å². The van der Waals surface area contributed by atoms with Gasteiger partial charge >= 0.3 is 0 Å². The summed E-state index contributed by atoms with van der Waals surface area (Å²) < 4.78 is 0. The number of benzene rings is 2. The minimum atomic E-state index is 0.316. The van der Waals surface area contributed by atoms with Crippen molar-refractivity contribution in [2.45, 2.75) is 32.7 Å². The fourth-order valence-electron chi connectivity index (χ4n) is 2.31. The highest BCUT2D eigenvalue weighted by molar-refractivity contribution is 6.30. The predicted octanol–water partition coefficient (Wildman–Crippen LogP) is 4.93. The molecule has 106 valence electrons. The molecule has 0 saturated carbocycles. The maximum atomic E-state index is 6.12. The van der Waals surface area contributed by atoms with E-state index in [2.05, 4.69) is 55.6 Å². The number of nitrogens with one attached hydrogen (secondary N) is 1. The molecule has 0 fully saturated rings. The molecule has 2 heteroatoms. The van der Waals surface area contributed by atoms with Crippen LogP contribution in [-0.2, 0) is 6.42 Å². The molecule has 0 saturated heterocycles. The van der Waals surface area contributed by atoms with Crippen molar-refractivity contribution in [1.29, 1.82) is 0 Å². The lowest BCUT2D eigenvalue weighted by molar-refractivity contribution is 0.529. The summed E-state index contributed by atoms with van der Waals surface area (Å²) in [6.07, 6.45) is 2.12. The van der Waals surface area contributed by atoms with Gasteiger partial charge in [0, 0.05) is 11.1 Å². The van der Waals surface area contributed by atoms with Crippen molar-refractivity contribution < 1.29 is 0 Å². The molecule has 0 aromatic heterocycles. The van der Waals surface area contributed by atoms with Crippen LogP contribution in [0.25, 0.3) is 0 Å². The van der Waals surface area contributed by atoms with Crippen molar-refractivity contribution >= 4 is 11.6 Å². The lowest BCUT2D eigenvalue weighted by Gasteiger charge is -2.19. The molecule has 1 unspecified atom stereocenters. The van der Waals surface area contributed by atoms with Crippen LogP contribution in [-0.4, -0.2) is 6.54 Å². The molecule has 0 amide bonds. The highest BCUT2D eigenvalue weighted by atomic mass is 35.5. The topological polar surface area (TPSA) is 12.0 Å². The maximum Gasteiger partial charge on any atom is 0.0409 e. The molecule has 0 aliphatic rings. The van der Waals surface area contributed by atoms with E-state index in [-0.39, 0.29) is 0 Å². The van der Waals surface area contributed by atoms with Gasteiger partial charge in [-0.25, -0.2) is 0 Å². The summed E-state index contributed by atoms with van der Waals surface area (Å²) >= 11 is 6.12. The van der Waals surface area contributed by atoms with Crippen molar-refractivity contribution in [3.8, 4) is 0 Å². The second kappa shape index (κ2) is 7.47. The molecule has 2 aromatic rings. The van der Waals surface area contributed by atoms with Crippen molar-refractivity contribution in [2.24, 2.45) is 0 Å². The third-order valence-corrected chi connectivity index (χ3v) is 3.69. The fourth-order valence-corrected chi connectivity index (χ4v) is 2.51. The Balaban J connectivity index is 2.16. The van der Waals surface area contributed by atoms with Crippen molar-refractivity contribution in [1.82, 2.24) is 5.32 Å². The van der Waals surface area contributed by atoms with E-state index in [4.69, 9.17) is 11.6 Å². The molecule has 20 heavy (non-hydrogen) atoms. The first kappa shape index (κ1) is 15.1. The van der Waals surface area contributed by atoms with Gasteiger partial charge in [-0.1, -0.05) is 60.5 Å². The van der Waals surface area contributed by atoms with E-state index in [1.807, 2.05) is 12.1 Å². The zero-order chi connectivity index (χ0) is 14.4. The van der Waals surface area contributed by atoms with Crippen LogP contribution in [0.4, 0.5) is 0 Å². The molecule has 2 aromatic carbocycles. The normalized spacial score (nSPS) is 12.3. The minimum Gasteiger partial charge on any atom is -0.310 e. The number of halogens is 1. The molecule has 0 heterocycles. The van der Waals surface area contributed by atoms with Gasteiger partial charge < -0.3 is 5.32 Å². The SMILES string of the molecule is CCCNC(Cc1ccc(C)cc1)c1cccc(Cl)c1. The average molecular weight is 288 g/mol. The van der Waals surface area contributed by atoms with E-state index < -0.39 is 0 Å². The van der Waals surface area contributed by atoms with Crippen LogP contribution in [0.2, 0.25) is 5.02 Å². The average Bonchev–Trinajstić information content (AvgIpc) is 2.45. The van der Waals surface area contributed by atoms with Gasteiger partial charge in [0.25, 0.3) is 0 Å². The van der Waals surface area contributed by atoms with Crippen LogP contribution in [0.3, 0.4) is 0 Å². The Bertz CT molecular complexity index is 533. The molecule has 0 aliphatic heterocycles. The Morgan fingerprint density at radius 3 is 2.50 bits per heavy atom. The summed E-state index contributed by atoms with van der Waals surface area (Å²) in [6.45, 7) is 5.32. The van der Waals surface area contributed by atoms with Crippen LogP contribution < -0.4 is 5.32 Å². The van der Waals surface area contributed by atoms with Gasteiger partial charge in [-0.3, -0.25) is 0 Å². The Labute approximate surface area is 127 Å². The Morgan fingerprint density at radius 1 is 1.10 bits per heavy atom. The maximum absolute atomic E-state index is 6.12. The second-order valence-electron chi connectivity index (χ2n) is 5.25. The number of rotatable bonds is 6. The number of hydrogen-bond donors (Lipinski definition) is 1. The predicted molar refractivity (Wildman–Crippen MR) is 87.4 cm³/mol. The first-order valence-corrected chi connectivity index (χ1v) is 7.61. The van der Waals surface area contributed by atoms with E-state index in [0.29, 0.717) is 6.04 Å². The molecule has 0 bridgehead atoms. The van der Waals surface area contributed by atoms with E-state index in [1.54, 1.807) is 0 Å².